The van der Waals surface area contributed by atoms with Gasteiger partial charge in [-0.25, -0.2) is 0 Å². The van der Waals surface area contributed by atoms with Gasteiger partial charge in [0.15, 0.2) is 0 Å². The normalized spacial score (nSPS) is 12.5. The molecule has 0 saturated carbocycles. The van der Waals surface area contributed by atoms with E-state index in [1.54, 1.807) is 0 Å². The number of carbonyl (C=O) groups is 1. The molecular formula is C27H31NO2. The van der Waals surface area contributed by atoms with Crippen molar-refractivity contribution in [2.24, 2.45) is 5.41 Å². The van der Waals surface area contributed by atoms with Crippen molar-refractivity contribution in [1.82, 2.24) is 4.90 Å². The second-order valence-corrected chi connectivity index (χ2v) is 8.74. The van der Waals surface area contributed by atoms with Gasteiger partial charge in [0.25, 0.3) is 0 Å². The molecule has 3 nitrogen and oxygen atoms in total. The van der Waals surface area contributed by atoms with Gasteiger partial charge in [-0.3, -0.25) is 9.69 Å². The fourth-order valence-corrected chi connectivity index (χ4v) is 3.73. The molecule has 3 aromatic carbocycles. The van der Waals surface area contributed by atoms with Gasteiger partial charge in [-0.05, 0) is 22.1 Å². The lowest BCUT2D eigenvalue weighted by atomic mass is 9.85. The van der Waals surface area contributed by atoms with Crippen molar-refractivity contribution in [2.45, 2.75) is 46.5 Å². The van der Waals surface area contributed by atoms with Crippen molar-refractivity contribution in [2.75, 3.05) is 0 Å². The van der Waals surface area contributed by atoms with Gasteiger partial charge in [-0.15, -0.1) is 0 Å². The van der Waals surface area contributed by atoms with Crippen molar-refractivity contribution in [1.29, 1.82) is 0 Å². The van der Waals surface area contributed by atoms with E-state index in [1.165, 1.54) is 11.1 Å². The smallest absolute Gasteiger partial charge is 0.324 e. The zero-order chi connectivity index (χ0) is 21.4. The maximum Gasteiger partial charge on any atom is 0.324 e. The molecule has 0 amide bonds. The van der Waals surface area contributed by atoms with Crippen LogP contribution in [0.3, 0.4) is 0 Å². The summed E-state index contributed by atoms with van der Waals surface area (Å²) in [5.41, 5.74) is 3.07. The third-order valence-electron chi connectivity index (χ3n) is 5.09. The molecule has 156 valence electrons. The van der Waals surface area contributed by atoms with E-state index in [2.05, 4.69) is 49.9 Å². The second kappa shape index (κ2) is 10.2. The summed E-state index contributed by atoms with van der Waals surface area (Å²) in [5, 5.41) is 0. The summed E-state index contributed by atoms with van der Waals surface area (Å²) in [7, 11) is 0. The zero-order valence-electron chi connectivity index (χ0n) is 18.1. The van der Waals surface area contributed by atoms with Gasteiger partial charge >= 0.3 is 5.97 Å². The van der Waals surface area contributed by atoms with Crippen molar-refractivity contribution in [3.05, 3.63) is 108 Å². The van der Waals surface area contributed by atoms with Crippen LogP contribution in [0.25, 0.3) is 0 Å². The van der Waals surface area contributed by atoms with Crippen LogP contribution < -0.4 is 0 Å². The molecule has 0 aliphatic rings. The maximum absolute atomic E-state index is 13.3. The van der Waals surface area contributed by atoms with Crippen LogP contribution in [0.5, 0.6) is 0 Å². The highest BCUT2D eigenvalue weighted by molar-refractivity contribution is 5.76. The van der Waals surface area contributed by atoms with E-state index < -0.39 is 0 Å². The summed E-state index contributed by atoms with van der Waals surface area (Å²) < 4.78 is 5.79. The van der Waals surface area contributed by atoms with Crippen LogP contribution >= 0.6 is 0 Å². The van der Waals surface area contributed by atoms with Gasteiger partial charge in [-0.1, -0.05) is 112 Å². The average molecular weight is 402 g/mol. The minimum Gasteiger partial charge on any atom is -0.460 e. The van der Waals surface area contributed by atoms with Crippen molar-refractivity contribution >= 4 is 5.97 Å². The fraction of sp³-hybridized carbons (Fsp3) is 0.296. The molecule has 0 N–H and O–H groups in total. The topological polar surface area (TPSA) is 29.5 Å². The maximum atomic E-state index is 13.3. The molecule has 1 atom stereocenters. The monoisotopic (exact) mass is 401 g/mol. The Morgan fingerprint density at radius 1 is 0.733 bits per heavy atom. The molecule has 0 bridgehead atoms. The third-order valence-corrected chi connectivity index (χ3v) is 5.09. The number of nitrogens with zero attached hydrogens (tertiary/aromatic N) is 1. The molecule has 30 heavy (non-hydrogen) atoms. The van der Waals surface area contributed by atoms with Crippen LogP contribution in [-0.2, 0) is 29.2 Å². The Morgan fingerprint density at radius 2 is 1.13 bits per heavy atom. The Kier molecular flexibility index (Phi) is 7.42. The number of ether oxygens (including phenoxy) is 1. The van der Waals surface area contributed by atoms with Crippen LogP contribution in [0.1, 0.15) is 37.5 Å². The van der Waals surface area contributed by atoms with Crippen LogP contribution in [0, 0.1) is 5.41 Å². The lowest BCUT2D eigenvalue weighted by Gasteiger charge is -2.38. The van der Waals surface area contributed by atoms with E-state index in [-0.39, 0.29) is 24.0 Å². The molecule has 0 fully saturated rings. The van der Waals surface area contributed by atoms with E-state index in [9.17, 15) is 4.79 Å². The fourth-order valence-electron chi connectivity index (χ4n) is 3.73. The van der Waals surface area contributed by atoms with E-state index >= 15 is 0 Å². The molecule has 3 aromatic rings. The lowest BCUT2D eigenvalue weighted by molar-refractivity contribution is -0.156. The van der Waals surface area contributed by atoms with E-state index in [0.717, 1.165) is 5.56 Å². The highest BCUT2D eigenvalue weighted by Gasteiger charge is 2.38. The molecule has 0 aromatic heterocycles. The minimum atomic E-state index is -0.373. The Morgan fingerprint density at radius 3 is 1.53 bits per heavy atom. The Labute approximate surface area is 180 Å². The Bertz CT molecular complexity index is 860. The predicted octanol–water partition coefficient (Wildman–Crippen LogP) is 5.85. The van der Waals surface area contributed by atoms with E-state index in [0.29, 0.717) is 13.1 Å². The Balaban J connectivity index is 1.85. The highest BCUT2D eigenvalue weighted by atomic mass is 16.5. The third kappa shape index (κ3) is 6.30. The summed E-state index contributed by atoms with van der Waals surface area (Å²) >= 11 is 0. The molecule has 0 heterocycles. The summed E-state index contributed by atoms with van der Waals surface area (Å²) in [4.78, 5) is 15.6. The van der Waals surface area contributed by atoms with Crippen molar-refractivity contribution in [3.8, 4) is 0 Å². The molecule has 0 saturated heterocycles. The molecule has 3 heteroatoms. The molecule has 0 spiro atoms. The number of hydrogen-bond acceptors (Lipinski definition) is 3. The van der Waals surface area contributed by atoms with Crippen molar-refractivity contribution < 1.29 is 9.53 Å². The lowest BCUT2D eigenvalue weighted by Crippen LogP contribution is -2.49. The molecular weight excluding hydrogens is 370 g/mol. The Hall–Kier alpha value is -2.91. The molecule has 0 radical (unpaired) electrons. The number of benzene rings is 3. The first-order valence-corrected chi connectivity index (χ1v) is 10.5. The van der Waals surface area contributed by atoms with Crippen LogP contribution in [0.4, 0.5) is 0 Å². The first-order chi connectivity index (χ1) is 14.4. The van der Waals surface area contributed by atoms with Crippen LogP contribution in [0.15, 0.2) is 91.0 Å². The van der Waals surface area contributed by atoms with Gasteiger partial charge in [0.2, 0.25) is 0 Å². The number of hydrogen-bond donors (Lipinski definition) is 0. The van der Waals surface area contributed by atoms with Gasteiger partial charge in [0.1, 0.15) is 12.6 Å². The summed E-state index contributed by atoms with van der Waals surface area (Å²) in [6.45, 7) is 7.95. The average Bonchev–Trinajstić information content (AvgIpc) is 2.73. The SMILES string of the molecule is CC(C)(C)[C@@H](C(=O)OCc1ccccc1)N(Cc1ccccc1)Cc1ccccc1. The highest BCUT2D eigenvalue weighted by Crippen LogP contribution is 2.29. The molecule has 0 aliphatic carbocycles. The van der Waals surface area contributed by atoms with E-state index in [1.807, 2.05) is 66.7 Å². The quantitative estimate of drug-likeness (QED) is 0.444. The summed E-state index contributed by atoms with van der Waals surface area (Å²) in [6, 6.07) is 30.1. The van der Waals surface area contributed by atoms with Crippen molar-refractivity contribution in [3.63, 3.8) is 0 Å². The van der Waals surface area contributed by atoms with Gasteiger partial charge in [0.05, 0.1) is 0 Å². The van der Waals surface area contributed by atoms with E-state index in [4.69, 9.17) is 4.74 Å². The summed E-state index contributed by atoms with van der Waals surface area (Å²) in [5.74, 6) is -0.182. The summed E-state index contributed by atoms with van der Waals surface area (Å²) in [6.07, 6.45) is 0. The number of rotatable bonds is 8. The van der Waals surface area contributed by atoms with Crippen LogP contribution in [-0.4, -0.2) is 16.9 Å². The van der Waals surface area contributed by atoms with Gasteiger partial charge < -0.3 is 4.74 Å². The number of esters is 1. The molecule has 0 unspecified atom stereocenters. The first-order valence-electron chi connectivity index (χ1n) is 10.5. The van der Waals surface area contributed by atoms with Gasteiger partial charge in [-0.2, -0.15) is 0 Å². The second-order valence-electron chi connectivity index (χ2n) is 8.74. The molecule has 0 aliphatic heterocycles. The minimum absolute atomic E-state index is 0.182. The van der Waals surface area contributed by atoms with Gasteiger partial charge in [0, 0.05) is 13.1 Å². The molecule has 3 rings (SSSR count). The standard InChI is InChI=1S/C27H31NO2/c1-27(2,3)25(26(29)30-21-24-17-11-6-12-18-24)28(19-22-13-7-4-8-14-22)20-23-15-9-5-10-16-23/h4-18,25H,19-21H2,1-3H3/t25-/m1/s1. The number of carbonyl (C=O) groups excluding carboxylic acids is 1. The van der Waals surface area contributed by atoms with Crippen LogP contribution in [0.2, 0.25) is 0 Å². The first kappa shape index (κ1) is 21.8. The predicted molar refractivity (Wildman–Crippen MR) is 122 cm³/mol. The largest absolute Gasteiger partial charge is 0.460 e. The zero-order valence-corrected chi connectivity index (χ0v) is 18.1.